The van der Waals surface area contributed by atoms with Gasteiger partial charge >= 0.3 is 5.97 Å². The van der Waals surface area contributed by atoms with Crippen molar-refractivity contribution in [2.24, 2.45) is 0 Å². The molecule has 0 atom stereocenters. The quantitative estimate of drug-likeness (QED) is 0.931. The van der Waals surface area contributed by atoms with Gasteiger partial charge in [-0.15, -0.1) is 11.3 Å². The zero-order chi connectivity index (χ0) is 13.3. The number of aryl methyl sites for hydroxylation is 1. The van der Waals surface area contributed by atoms with E-state index >= 15 is 0 Å². The molecule has 94 valence electrons. The second-order valence-corrected chi connectivity index (χ2v) is 5.06. The maximum atomic E-state index is 13.4. The SMILES string of the molecule is CCc1nc(C(=O)O)c(-c2ccc(Cl)c(F)c2)s1. The maximum absolute atomic E-state index is 13.4. The van der Waals surface area contributed by atoms with Crippen LogP contribution < -0.4 is 0 Å². The largest absolute Gasteiger partial charge is 0.476 e. The average Bonchev–Trinajstić information content (AvgIpc) is 2.77. The molecule has 18 heavy (non-hydrogen) atoms. The number of hydrogen-bond donors (Lipinski definition) is 1. The first-order chi connectivity index (χ1) is 8.52. The van der Waals surface area contributed by atoms with E-state index in [1.54, 1.807) is 6.07 Å². The van der Waals surface area contributed by atoms with Gasteiger partial charge in [0, 0.05) is 0 Å². The Morgan fingerprint density at radius 2 is 2.28 bits per heavy atom. The highest BCUT2D eigenvalue weighted by Crippen LogP contribution is 2.32. The first-order valence-corrected chi connectivity index (χ1v) is 6.40. The molecular formula is C12H9ClFNO2S. The zero-order valence-electron chi connectivity index (χ0n) is 9.41. The van der Waals surface area contributed by atoms with Crippen molar-refractivity contribution in [3.63, 3.8) is 0 Å². The van der Waals surface area contributed by atoms with Crippen LogP contribution in [0, 0.1) is 5.82 Å². The molecule has 0 fully saturated rings. The van der Waals surface area contributed by atoms with Crippen LogP contribution in [-0.2, 0) is 6.42 Å². The third kappa shape index (κ3) is 2.37. The van der Waals surface area contributed by atoms with Gasteiger partial charge in [-0.2, -0.15) is 0 Å². The molecule has 1 aromatic heterocycles. The monoisotopic (exact) mass is 285 g/mol. The Hall–Kier alpha value is -1.46. The smallest absolute Gasteiger partial charge is 0.356 e. The van der Waals surface area contributed by atoms with Crippen molar-refractivity contribution in [1.29, 1.82) is 0 Å². The van der Waals surface area contributed by atoms with Crippen molar-refractivity contribution in [3.8, 4) is 10.4 Å². The van der Waals surface area contributed by atoms with E-state index in [9.17, 15) is 9.18 Å². The molecule has 1 heterocycles. The van der Waals surface area contributed by atoms with E-state index in [1.807, 2.05) is 6.92 Å². The molecule has 0 unspecified atom stereocenters. The summed E-state index contributed by atoms with van der Waals surface area (Å²) in [6, 6.07) is 4.22. The van der Waals surface area contributed by atoms with Crippen LogP contribution >= 0.6 is 22.9 Å². The number of carbonyl (C=O) groups is 1. The number of aromatic carboxylic acids is 1. The highest BCUT2D eigenvalue weighted by atomic mass is 35.5. The first kappa shape index (κ1) is 13.0. The van der Waals surface area contributed by atoms with Crippen molar-refractivity contribution < 1.29 is 14.3 Å². The van der Waals surface area contributed by atoms with Crippen LogP contribution in [0.4, 0.5) is 4.39 Å². The van der Waals surface area contributed by atoms with Crippen LogP contribution in [0.25, 0.3) is 10.4 Å². The fraction of sp³-hybridized carbons (Fsp3) is 0.167. The lowest BCUT2D eigenvalue weighted by Crippen LogP contribution is -1.99. The molecular weight excluding hydrogens is 277 g/mol. The molecule has 0 saturated carbocycles. The molecule has 2 aromatic rings. The van der Waals surface area contributed by atoms with Gasteiger partial charge < -0.3 is 5.11 Å². The fourth-order valence-corrected chi connectivity index (χ4v) is 2.60. The lowest BCUT2D eigenvalue weighted by atomic mass is 10.1. The Morgan fingerprint density at radius 1 is 1.56 bits per heavy atom. The predicted octanol–water partition coefficient (Wildman–Crippen LogP) is 3.86. The van der Waals surface area contributed by atoms with Gasteiger partial charge in [-0.25, -0.2) is 14.2 Å². The summed E-state index contributed by atoms with van der Waals surface area (Å²) in [6.45, 7) is 1.89. The molecule has 0 aliphatic carbocycles. The summed E-state index contributed by atoms with van der Waals surface area (Å²) >= 11 is 6.85. The van der Waals surface area contributed by atoms with Gasteiger partial charge in [0.15, 0.2) is 5.69 Å². The number of aromatic nitrogens is 1. The number of benzene rings is 1. The first-order valence-electron chi connectivity index (χ1n) is 5.21. The maximum Gasteiger partial charge on any atom is 0.356 e. The molecule has 1 aromatic carbocycles. The molecule has 6 heteroatoms. The predicted molar refractivity (Wildman–Crippen MR) is 68.9 cm³/mol. The Morgan fingerprint density at radius 3 is 2.83 bits per heavy atom. The molecule has 0 aliphatic heterocycles. The van der Waals surface area contributed by atoms with Crippen molar-refractivity contribution in [2.45, 2.75) is 13.3 Å². The highest BCUT2D eigenvalue weighted by molar-refractivity contribution is 7.15. The standard InChI is InChI=1S/C12H9ClFNO2S/c1-2-9-15-10(12(16)17)11(18-9)6-3-4-7(13)8(14)5-6/h3-5H,2H2,1H3,(H,16,17). The second kappa shape index (κ2) is 5.04. The van der Waals surface area contributed by atoms with Gasteiger partial charge in [-0.1, -0.05) is 24.6 Å². The van der Waals surface area contributed by atoms with Crippen LogP contribution in [0.3, 0.4) is 0 Å². The van der Waals surface area contributed by atoms with E-state index < -0.39 is 11.8 Å². The third-order valence-corrected chi connectivity index (χ3v) is 3.91. The topological polar surface area (TPSA) is 50.2 Å². The van der Waals surface area contributed by atoms with E-state index in [0.717, 1.165) is 0 Å². The van der Waals surface area contributed by atoms with Gasteiger partial charge in [0.05, 0.1) is 14.9 Å². The van der Waals surface area contributed by atoms with Crippen LogP contribution in [0.1, 0.15) is 22.4 Å². The van der Waals surface area contributed by atoms with E-state index in [0.29, 0.717) is 21.9 Å². The zero-order valence-corrected chi connectivity index (χ0v) is 11.0. The minimum absolute atomic E-state index is 0.0101. The number of nitrogens with zero attached hydrogens (tertiary/aromatic N) is 1. The average molecular weight is 286 g/mol. The second-order valence-electron chi connectivity index (χ2n) is 3.57. The lowest BCUT2D eigenvalue weighted by Gasteiger charge is -2.00. The minimum atomic E-state index is -1.11. The number of rotatable bonds is 3. The number of carboxylic acids is 1. The van der Waals surface area contributed by atoms with Crippen LogP contribution in [0.5, 0.6) is 0 Å². The van der Waals surface area contributed by atoms with Gasteiger partial charge in [0.25, 0.3) is 0 Å². The van der Waals surface area contributed by atoms with E-state index in [-0.39, 0.29) is 10.7 Å². The highest BCUT2D eigenvalue weighted by Gasteiger charge is 2.18. The minimum Gasteiger partial charge on any atom is -0.476 e. The molecule has 0 saturated heterocycles. The number of carboxylic acid groups (broad SMARTS) is 1. The Labute approximate surface area is 112 Å². The molecule has 3 nitrogen and oxygen atoms in total. The van der Waals surface area contributed by atoms with Crippen LogP contribution in [0.2, 0.25) is 5.02 Å². The summed E-state index contributed by atoms with van der Waals surface area (Å²) in [5, 5.41) is 9.80. The molecule has 0 spiro atoms. The molecule has 2 rings (SSSR count). The molecule has 0 radical (unpaired) electrons. The summed E-state index contributed by atoms with van der Waals surface area (Å²) < 4.78 is 13.4. The van der Waals surface area contributed by atoms with Crippen molar-refractivity contribution in [1.82, 2.24) is 4.98 Å². The van der Waals surface area contributed by atoms with Crippen molar-refractivity contribution >= 4 is 28.9 Å². The van der Waals surface area contributed by atoms with E-state index in [4.69, 9.17) is 16.7 Å². The Kier molecular flexibility index (Phi) is 3.63. The van der Waals surface area contributed by atoms with E-state index in [2.05, 4.69) is 4.98 Å². The summed E-state index contributed by atoms with van der Waals surface area (Å²) in [7, 11) is 0. The van der Waals surface area contributed by atoms with Crippen molar-refractivity contribution in [2.75, 3.05) is 0 Å². The number of halogens is 2. The van der Waals surface area contributed by atoms with Gasteiger partial charge in [0.1, 0.15) is 5.82 Å². The Bertz CT molecular complexity index is 612. The van der Waals surface area contributed by atoms with E-state index in [1.165, 1.54) is 23.5 Å². The summed E-state index contributed by atoms with van der Waals surface area (Å²) in [4.78, 5) is 15.6. The number of thiazole rings is 1. The number of hydrogen-bond acceptors (Lipinski definition) is 3. The summed E-state index contributed by atoms with van der Waals surface area (Å²) in [5.41, 5.74) is 0.435. The van der Waals surface area contributed by atoms with Gasteiger partial charge in [-0.3, -0.25) is 0 Å². The summed E-state index contributed by atoms with van der Waals surface area (Å²) in [5.74, 6) is -1.69. The molecule has 0 aliphatic rings. The summed E-state index contributed by atoms with van der Waals surface area (Å²) in [6.07, 6.45) is 0.640. The fourth-order valence-electron chi connectivity index (χ4n) is 1.49. The lowest BCUT2D eigenvalue weighted by molar-refractivity contribution is 0.0692. The van der Waals surface area contributed by atoms with Gasteiger partial charge in [-0.05, 0) is 24.1 Å². The Balaban J connectivity index is 2.58. The van der Waals surface area contributed by atoms with Crippen LogP contribution in [-0.4, -0.2) is 16.1 Å². The molecule has 0 bridgehead atoms. The van der Waals surface area contributed by atoms with Crippen molar-refractivity contribution in [3.05, 3.63) is 39.7 Å². The molecule has 1 N–H and O–H groups in total. The third-order valence-electron chi connectivity index (χ3n) is 2.36. The normalized spacial score (nSPS) is 10.6. The van der Waals surface area contributed by atoms with Crippen LogP contribution in [0.15, 0.2) is 18.2 Å². The molecule has 0 amide bonds. The van der Waals surface area contributed by atoms with Gasteiger partial charge in [0.2, 0.25) is 0 Å².